The van der Waals surface area contributed by atoms with Gasteiger partial charge in [-0.3, -0.25) is 9.89 Å². The van der Waals surface area contributed by atoms with Crippen molar-refractivity contribution in [1.82, 2.24) is 15.2 Å². The van der Waals surface area contributed by atoms with Crippen molar-refractivity contribution >= 4 is 5.78 Å². The summed E-state index contributed by atoms with van der Waals surface area (Å²) in [4.78, 5) is 15.1. The van der Waals surface area contributed by atoms with E-state index in [1.807, 2.05) is 0 Å². The number of nitrogens with zero attached hydrogens (tertiary/aromatic N) is 2. The van der Waals surface area contributed by atoms with Crippen molar-refractivity contribution in [2.24, 2.45) is 0 Å². The fourth-order valence-corrected chi connectivity index (χ4v) is 1.32. The molecule has 4 heteroatoms. The number of nitrogens with one attached hydrogen (secondary N) is 1. The predicted molar refractivity (Wildman–Crippen MR) is 38.0 cm³/mol. The molecule has 0 aromatic carbocycles. The van der Waals surface area contributed by atoms with Crippen molar-refractivity contribution in [3.05, 3.63) is 12.2 Å². The summed E-state index contributed by atoms with van der Waals surface area (Å²) >= 11 is 0. The van der Waals surface area contributed by atoms with Gasteiger partial charge in [-0.1, -0.05) is 0 Å². The third-order valence-corrected chi connectivity index (χ3v) is 2.29. The van der Waals surface area contributed by atoms with E-state index in [9.17, 15) is 4.79 Å². The van der Waals surface area contributed by atoms with Crippen LogP contribution in [-0.2, 0) is 10.2 Å². The summed E-state index contributed by atoms with van der Waals surface area (Å²) in [6.45, 7) is 1.61. The van der Waals surface area contributed by atoms with Crippen LogP contribution in [0.3, 0.4) is 0 Å². The Morgan fingerprint density at radius 3 is 2.82 bits per heavy atom. The Balaban J connectivity index is 2.36. The Hall–Kier alpha value is -1.19. The number of Topliss-reactive ketones (excluding diaryl/α,β-unsaturated/α-hetero) is 1. The maximum atomic E-state index is 11.1. The summed E-state index contributed by atoms with van der Waals surface area (Å²) in [5.41, 5.74) is -0.295. The van der Waals surface area contributed by atoms with Crippen LogP contribution in [0.15, 0.2) is 6.33 Å². The molecule has 1 aliphatic carbocycles. The fourth-order valence-electron chi connectivity index (χ4n) is 1.32. The van der Waals surface area contributed by atoms with E-state index < -0.39 is 0 Å². The molecule has 0 amide bonds. The summed E-state index contributed by atoms with van der Waals surface area (Å²) in [6, 6.07) is 0. The SMILES string of the molecule is CC(=O)C1(c2ncn[nH]2)CC1. The first kappa shape index (κ1) is 6.52. The van der Waals surface area contributed by atoms with Crippen molar-refractivity contribution in [2.45, 2.75) is 25.2 Å². The van der Waals surface area contributed by atoms with Gasteiger partial charge in [0.1, 0.15) is 17.9 Å². The van der Waals surface area contributed by atoms with E-state index in [1.165, 1.54) is 6.33 Å². The van der Waals surface area contributed by atoms with E-state index in [-0.39, 0.29) is 11.2 Å². The molecule has 0 unspecified atom stereocenters. The van der Waals surface area contributed by atoms with Gasteiger partial charge in [-0.25, -0.2) is 4.98 Å². The molecule has 0 atom stereocenters. The molecule has 1 fully saturated rings. The van der Waals surface area contributed by atoms with Crippen LogP contribution in [0.4, 0.5) is 0 Å². The molecule has 1 N–H and O–H groups in total. The van der Waals surface area contributed by atoms with Crippen LogP contribution in [0.25, 0.3) is 0 Å². The molecular formula is C7H9N3O. The number of hydrogen-bond donors (Lipinski definition) is 1. The third-order valence-electron chi connectivity index (χ3n) is 2.29. The lowest BCUT2D eigenvalue weighted by Gasteiger charge is -2.04. The molecule has 1 aromatic heterocycles. The van der Waals surface area contributed by atoms with Crippen LogP contribution in [-0.4, -0.2) is 21.0 Å². The van der Waals surface area contributed by atoms with E-state index in [1.54, 1.807) is 6.92 Å². The lowest BCUT2D eigenvalue weighted by molar-refractivity contribution is -0.119. The largest absolute Gasteiger partial charge is 0.299 e. The summed E-state index contributed by atoms with van der Waals surface area (Å²) in [5.74, 6) is 0.916. The number of hydrogen-bond acceptors (Lipinski definition) is 3. The quantitative estimate of drug-likeness (QED) is 0.666. The zero-order valence-electron chi connectivity index (χ0n) is 6.29. The third kappa shape index (κ3) is 0.785. The molecule has 1 saturated carbocycles. The highest BCUT2D eigenvalue weighted by atomic mass is 16.1. The first-order valence-electron chi connectivity index (χ1n) is 3.62. The van der Waals surface area contributed by atoms with Crippen LogP contribution in [0.5, 0.6) is 0 Å². The van der Waals surface area contributed by atoms with Gasteiger partial charge in [0.2, 0.25) is 0 Å². The zero-order chi connectivity index (χ0) is 7.90. The monoisotopic (exact) mass is 151 g/mol. The minimum atomic E-state index is -0.295. The van der Waals surface area contributed by atoms with Gasteiger partial charge in [0, 0.05) is 0 Å². The number of aromatic amines is 1. The molecule has 0 radical (unpaired) electrons. The summed E-state index contributed by atoms with van der Waals surface area (Å²) in [5, 5.41) is 6.46. The number of H-pyrrole nitrogens is 1. The normalized spacial score (nSPS) is 19.7. The van der Waals surface area contributed by atoms with Crippen LogP contribution < -0.4 is 0 Å². The van der Waals surface area contributed by atoms with Crippen molar-refractivity contribution in [2.75, 3.05) is 0 Å². The van der Waals surface area contributed by atoms with E-state index >= 15 is 0 Å². The molecule has 58 valence electrons. The van der Waals surface area contributed by atoms with Gasteiger partial charge < -0.3 is 0 Å². The van der Waals surface area contributed by atoms with E-state index in [4.69, 9.17) is 0 Å². The van der Waals surface area contributed by atoms with Gasteiger partial charge >= 0.3 is 0 Å². The Labute approximate surface area is 64.0 Å². The van der Waals surface area contributed by atoms with Crippen molar-refractivity contribution < 1.29 is 4.79 Å². The molecular weight excluding hydrogens is 142 g/mol. The number of carbonyl (C=O) groups is 1. The molecule has 2 rings (SSSR count). The van der Waals surface area contributed by atoms with Crippen molar-refractivity contribution in [3.63, 3.8) is 0 Å². The fraction of sp³-hybridized carbons (Fsp3) is 0.571. The van der Waals surface area contributed by atoms with Gasteiger partial charge in [0.05, 0.1) is 5.41 Å². The second-order valence-electron chi connectivity index (χ2n) is 2.97. The van der Waals surface area contributed by atoms with Gasteiger partial charge in [0.25, 0.3) is 0 Å². The second kappa shape index (κ2) is 1.90. The van der Waals surface area contributed by atoms with Crippen molar-refractivity contribution in [3.8, 4) is 0 Å². The smallest absolute Gasteiger partial charge is 0.143 e. The summed E-state index contributed by atoms with van der Waals surface area (Å²) in [7, 11) is 0. The maximum Gasteiger partial charge on any atom is 0.143 e. The van der Waals surface area contributed by atoms with Crippen LogP contribution in [0.1, 0.15) is 25.6 Å². The molecule has 0 saturated heterocycles. The Kier molecular flexibility index (Phi) is 1.13. The van der Waals surface area contributed by atoms with E-state index in [0.29, 0.717) is 0 Å². The lowest BCUT2D eigenvalue weighted by atomic mass is 10.0. The Morgan fingerprint density at radius 1 is 1.73 bits per heavy atom. The van der Waals surface area contributed by atoms with Gasteiger partial charge in [-0.15, -0.1) is 0 Å². The van der Waals surface area contributed by atoms with Crippen molar-refractivity contribution in [1.29, 1.82) is 0 Å². The number of rotatable bonds is 2. The molecule has 1 aromatic rings. The molecule has 0 aliphatic heterocycles. The molecule has 1 heterocycles. The molecule has 4 nitrogen and oxygen atoms in total. The standard InChI is InChI=1S/C7H9N3O/c1-5(11)7(2-3-7)6-8-4-9-10-6/h4H,2-3H2,1H3,(H,8,9,10). The molecule has 0 bridgehead atoms. The first-order chi connectivity index (χ1) is 5.26. The summed E-state index contributed by atoms with van der Waals surface area (Å²) < 4.78 is 0. The highest BCUT2D eigenvalue weighted by molar-refractivity contribution is 5.89. The Morgan fingerprint density at radius 2 is 2.45 bits per heavy atom. The minimum absolute atomic E-state index is 0.189. The van der Waals surface area contributed by atoms with Gasteiger partial charge in [0.15, 0.2) is 0 Å². The number of ketones is 1. The maximum absolute atomic E-state index is 11.1. The minimum Gasteiger partial charge on any atom is -0.299 e. The average Bonchev–Trinajstić information content (AvgIpc) is 2.61. The van der Waals surface area contributed by atoms with Gasteiger partial charge in [-0.05, 0) is 19.8 Å². The van der Waals surface area contributed by atoms with E-state index in [0.717, 1.165) is 18.7 Å². The first-order valence-corrected chi connectivity index (χ1v) is 3.62. The zero-order valence-corrected chi connectivity index (χ0v) is 6.29. The topological polar surface area (TPSA) is 58.6 Å². The number of aromatic nitrogens is 3. The lowest BCUT2D eigenvalue weighted by Crippen LogP contribution is -2.18. The molecule has 0 spiro atoms. The highest BCUT2D eigenvalue weighted by Crippen LogP contribution is 2.46. The molecule has 11 heavy (non-hydrogen) atoms. The number of carbonyl (C=O) groups excluding carboxylic acids is 1. The molecule has 1 aliphatic rings. The second-order valence-corrected chi connectivity index (χ2v) is 2.97. The van der Waals surface area contributed by atoms with E-state index in [2.05, 4.69) is 15.2 Å². The Bertz CT molecular complexity index is 274. The van der Waals surface area contributed by atoms with Crippen LogP contribution >= 0.6 is 0 Å². The highest BCUT2D eigenvalue weighted by Gasteiger charge is 2.51. The average molecular weight is 151 g/mol. The summed E-state index contributed by atoms with van der Waals surface area (Å²) in [6.07, 6.45) is 3.27. The predicted octanol–water partition coefficient (Wildman–Crippen LogP) is 0.425. The van der Waals surface area contributed by atoms with Gasteiger partial charge in [-0.2, -0.15) is 5.10 Å². The van der Waals surface area contributed by atoms with Crippen LogP contribution in [0.2, 0.25) is 0 Å². The van der Waals surface area contributed by atoms with Crippen LogP contribution in [0, 0.1) is 0 Å².